The lowest BCUT2D eigenvalue weighted by atomic mass is 10.2. The van der Waals surface area contributed by atoms with E-state index in [0.717, 1.165) is 0 Å². The Kier molecular flexibility index (Phi) is 5.51. The molecule has 0 radical (unpaired) electrons. The van der Waals surface area contributed by atoms with Gasteiger partial charge in [0.1, 0.15) is 0 Å². The Morgan fingerprint density at radius 1 is 1.61 bits per heavy atom. The highest BCUT2D eigenvalue weighted by Gasteiger charge is 2.26. The van der Waals surface area contributed by atoms with E-state index in [9.17, 15) is 14.0 Å². The first-order valence-electron chi connectivity index (χ1n) is 7.24. The lowest BCUT2D eigenvalue weighted by Crippen LogP contribution is -2.30. The number of hydrogen-bond donors (Lipinski definition) is 2. The number of carbonyl (C=O) groups excluding carboxylic acids is 1. The summed E-state index contributed by atoms with van der Waals surface area (Å²) in [6.07, 6.45) is 3.65. The molecule has 0 saturated carbocycles. The van der Waals surface area contributed by atoms with E-state index in [1.54, 1.807) is 6.92 Å². The van der Waals surface area contributed by atoms with E-state index in [4.69, 9.17) is 9.84 Å². The van der Waals surface area contributed by atoms with Crippen molar-refractivity contribution >= 4 is 24.0 Å². The maximum atomic E-state index is 14.0. The van der Waals surface area contributed by atoms with E-state index >= 15 is 0 Å². The molecule has 1 aliphatic rings. The first kappa shape index (κ1) is 16.7. The molecule has 0 aromatic carbocycles. The standard InChI is InChI=1S/C15H18FN3O4/c1-2-23-13(20)4-3-10-7-12(16)14(17-8-10)18-11-5-6-19(9-11)15(21)22/h3-4,7-8,11H,2,5-6,9H2,1H3,(H,17,18)(H,21,22)/t11-/m1/s1. The topological polar surface area (TPSA) is 91.8 Å². The molecule has 124 valence electrons. The van der Waals surface area contributed by atoms with Gasteiger partial charge in [0.25, 0.3) is 0 Å². The van der Waals surface area contributed by atoms with E-state index in [2.05, 4.69) is 10.3 Å². The Bertz CT molecular complexity index is 621. The Labute approximate surface area is 132 Å². The van der Waals surface area contributed by atoms with E-state index < -0.39 is 17.9 Å². The molecule has 1 saturated heterocycles. The van der Waals surface area contributed by atoms with Crippen LogP contribution in [-0.2, 0) is 9.53 Å². The molecule has 2 N–H and O–H groups in total. The highest BCUT2D eigenvalue weighted by molar-refractivity contribution is 5.87. The van der Waals surface area contributed by atoms with Gasteiger partial charge in [0.15, 0.2) is 11.6 Å². The number of aromatic nitrogens is 1. The van der Waals surface area contributed by atoms with Gasteiger partial charge in [0, 0.05) is 31.4 Å². The number of likely N-dealkylation sites (tertiary alicyclic amines) is 1. The molecule has 23 heavy (non-hydrogen) atoms. The fourth-order valence-corrected chi connectivity index (χ4v) is 2.25. The number of nitrogens with one attached hydrogen (secondary N) is 1. The maximum Gasteiger partial charge on any atom is 0.407 e. The van der Waals surface area contributed by atoms with Crippen molar-refractivity contribution in [3.8, 4) is 0 Å². The summed E-state index contributed by atoms with van der Waals surface area (Å²) in [5, 5.41) is 11.8. The number of ether oxygens (including phenoxy) is 1. The largest absolute Gasteiger partial charge is 0.465 e. The monoisotopic (exact) mass is 323 g/mol. The molecule has 1 atom stereocenters. The third-order valence-electron chi connectivity index (χ3n) is 3.36. The zero-order valence-electron chi connectivity index (χ0n) is 12.7. The lowest BCUT2D eigenvalue weighted by Gasteiger charge is -2.14. The molecule has 1 amide bonds. The first-order valence-corrected chi connectivity index (χ1v) is 7.24. The zero-order chi connectivity index (χ0) is 16.8. The van der Waals surface area contributed by atoms with Crippen LogP contribution in [0.4, 0.5) is 15.0 Å². The van der Waals surface area contributed by atoms with Gasteiger partial charge in [-0.1, -0.05) is 0 Å². The molecule has 0 spiro atoms. The average molecular weight is 323 g/mol. The number of halogens is 1. The van der Waals surface area contributed by atoms with Crippen LogP contribution in [0.5, 0.6) is 0 Å². The van der Waals surface area contributed by atoms with E-state index in [1.165, 1.54) is 29.3 Å². The number of carbonyl (C=O) groups is 2. The summed E-state index contributed by atoms with van der Waals surface area (Å²) in [6.45, 7) is 2.67. The third kappa shape index (κ3) is 4.67. The zero-order valence-corrected chi connectivity index (χ0v) is 12.7. The minimum absolute atomic E-state index is 0.0653. The number of hydrogen-bond acceptors (Lipinski definition) is 5. The SMILES string of the molecule is CCOC(=O)C=Cc1cnc(N[C@@H]2CCN(C(=O)O)C2)c(F)c1. The number of rotatable bonds is 5. The van der Waals surface area contributed by atoms with Crippen molar-refractivity contribution in [1.29, 1.82) is 0 Å². The molecule has 1 aliphatic heterocycles. The van der Waals surface area contributed by atoms with Crippen molar-refractivity contribution in [2.24, 2.45) is 0 Å². The lowest BCUT2D eigenvalue weighted by molar-refractivity contribution is -0.137. The van der Waals surface area contributed by atoms with Crippen LogP contribution >= 0.6 is 0 Å². The second kappa shape index (κ2) is 7.57. The maximum absolute atomic E-state index is 14.0. The second-order valence-electron chi connectivity index (χ2n) is 5.04. The number of pyridine rings is 1. The van der Waals surface area contributed by atoms with Crippen molar-refractivity contribution in [3.05, 3.63) is 29.7 Å². The van der Waals surface area contributed by atoms with Crippen molar-refractivity contribution in [3.63, 3.8) is 0 Å². The molecule has 7 nitrogen and oxygen atoms in total. The van der Waals surface area contributed by atoms with Crippen LogP contribution in [0.2, 0.25) is 0 Å². The summed E-state index contributed by atoms with van der Waals surface area (Å²) in [6, 6.07) is 1.07. The van der Waals surface area contributed by atoms with Crippen molar-refractivity contribution in [2.45, 2.75) is 19.4 Å². The molecule has 2 rings (SSSR count). The van der Waals surface area contributed by atoms with Gasteiger partial charge in [0.05, 0.1) is 6.61 Å². The predicted molar refractivity (Wildman–Crippen MR) is 81.5 cm³/mol. The van der Waals surface area contributed by atoms with Crippen molar-refractivity contribution < 1.29 is 23.8 Å². The Balaban J connectivity index is 1.97. The molecular formula is C15H18FN3O4. The second-order valence-corrected chi connectivity index (χ2v) is 5.04. The minimum Gasteiger partial charge on any atom is -0.465 e. The summed E-state index contributed by atoms with van der Waals surface area (Å²) in [4.78, 5) is 27.3. The van der Waals surface area contributed by atoms with Gasteiger partial charge in [-0.2, -0.15) is 0 Å². The summed E-state index contributed by atoms with van der Waals surface area (Å²) in [5.41, 5.74) is 0.430. The highest BCUT2D eigenvalue weighted by atomic mass is 19.1. The third-order valence-corrected chi connectivity index (χ3v) is 3.36. The molecule has 0 aliphatic carbocycles. The van der Waals surface area contributed by atoms with Crippen LogP contribution in [0.3, 0.4) is 0 Å². The van der Waals surface area contributed by atoms with Gasteiger partial charge in [0.2, 0.25) is 0 Å². The van der Waals surface area contributed by atoms with Gasteiger partial charge in [-0.25, -0.2) is 19.0 Å². The summed E-state index contributed by atoms with van der Waals surface area (Å²) < 4.78 is 18.8. The van der Waals surface area contributed by atoms with E-state index in [-0.39, 0.29) is 18.5 Å². The van der Waals surface area contributed by atoms with Crippen LogP contribution in [-0.4, -0.2) is 52.8 Å². The Morgan fingerprint density at radius 2 is 2.39 bits per heavy atom. The number of carboxylic acid groups (broad SMARTS) is 1. The Hall–Kier alpha value is -2.64. The molecule has 0 bridgehead atoms. The molecule has 1 aromatic heterocycles. The fourth-order valence-electron chi connectivity index (χ4n) is 2.25. The van der Waals surface area contributed by atoms with E-state index in [0.29, 0.717) is 25.1 Å². The van der Waals surface area contributed by atoms with Crippen LogP contribution in [0, 0.1) is 5.82 Å². The molecule has 2 heterocycles. The van der Waals surface area contributed by atoms with Crippen LogP contribution in [0.1, 0.15) is 18.9 Å². The van der Waals surface area contributed by atoms with Gasteiger partial charge in [-0.3, -0.25) is 0 Å². The van der Waals surface area contributed by atoms with Gasteiger partial charge in [-0.15, -0.1) is 0 Å². The van der Waals surface area contributed by atoms with Crippen LogP contribution < -0.4 is 5.32 Å². The normalized spacial score (nSPS) is 17.5. The smallest absolute Gasteiger partial charge is 0.407 e. The van der Waals surface area contributed by atoms with Gasteiger partial charge < -0.3 is 20.1 Å². The molecule has 8 heteroatoms. The summed E-state index contributed by atoms with van der Waals surface area (Å²) in [7, 11) is 0. The molecular weight excluding hydrogens is 305 g/mol. The highest BCUT2D eigenvalue weighted by Crippen LogP contribution is 2.18. The Morgan fingerprint density at radius 3 is 3.00 bits per heavy atom. The fraction of sp³-hybridized carbons (Fsp3) is 0.400. The number of esters is 1. The average Bonchev–Trinajstić information content (AvgIpc) is 2.97. The molecule has 1 aromatic rings. The minimum atomic E-state index is -0.984. The van der Waals surface area contributed by atoms with Crippen molar-refractivity contribution in [1.82, 2.24) is 9.88 Å². The number of amides is 1. The van der Waals surface area contributed by atoms with Gasteiger partial charge >= 0.3 is 12.1 Å². The number of anilines is 1. The van der Waals surface area contributed by atoms with Crippen LogP contribution in [0.25, 0.3) is 6.08 Å². The molecule has 0 unspecified atom stereocenters. The summed E-state index contributed by atoms with van der Waals surface area (Å²) >= 11 is 0. The van der Waals surface area contributed by atoms with Crippen molar-refractivity contribution in [2.75, 3.05) is 25.0 Å². The quantitative estimate of drug-likeness (QED) is 0.636. The summed E-state index contributed by atoms with van der Waals surface area (Å²) in [5.74, 6) is -1.00. The number of nitrogens with zero attached hydrogens (tertiary/aromatic N) is 2. The first-order chi connectivity index (χ1) is 11.0. The van der Waals surface area contributed by atoms with Crippen LogP contribution in [0.15, 0.2) is 18.3 Å². The molecule has 1 fully saturated rings. The van der Waals surface area contributed by atoms with Gasteiger partial charge in [-0.05, 0) is 31.1 Å². The van der Waals surface area contributed by atoms with E-state index in [1.807, 2.05) is 0 Å². The predicted octanol–water partition coefficient (Wildman–Crippen LogP) is 1.96.